The molecule has 4 rings (SSSR count). The van der Waals surface area contributed by atoms with Crippen molar-refractivity contribution >= 4 is 22.8 Å². The Bertz CT molecular complexity index is 1210. The zero-order chi connectivity index (χ0) is 27.2. The zero-order valence-electron chi connectivity index (χ0n) is 22.9. The number of carboxylic acid groups (broad SMARTS) is 1. The van der Waals surface area contributed by atoms with Crippen LogP contribution in [0.1, 0.15) is 69.5 Å². The largest absolute Gasteiger partial charge is 0.497 e. The molecule has 1 aliphatic rings. The molecule has 2 heterocycles. The van der Waals surface area contributed by atoms with Gasteiger partial charge in [0, 0.05) is 37.0 Å². The number of amides is 1. The third-order valence-corrected chi connectivity index (χ3v) is 7.73. The van der Waals surface area contributed by atoms with Crippen molar-refractivity contribution in [2.45, 2.75) is 64.5 Å². The van der Waals surface area contributed by atoms with Crippen molar-refractivity contribution in [3.8, 4) is 5.75 Å². The summed E-state index contributed by atoms with van der Waals surface area (Å²) in [6, 6.07) is 14.6. The van der Waals surface area contributed by atoms with Crippen molar-refractivity contribution in [2.75, 3.05) is 26.7 Å². The van der Waals surface area contributed by atoms with Gasteiger partial charge >= 0.3 is 5.97 Å². The van der Waals surface area contributed by atoms with Crippen LogP contribution in [-0.4, -0.2) is 59.6 Å². The fourth-order valence-electron chi connectivity index (χ4n) is 6.02. The minimum atomic E-state index is -0.854. The molecule has 0 saturated carbocycles. The lowest BCUT2D eigenvalue weighted by Crippen LogP contribution is -2.49. The van der Waals surface area contributed by atoms with Gasteiger partial charge in [-0.3, -0.25) is 14.5 Å². The molecule has 4 atom stereocenters. The molecule has 7 heteroatoms. The molecule has 1 saturated heterocycles. The Morgan fingerprint density at radius 2 is 1.71 bits per heavy atom. The van der Waals surface area contributed by atoms with Crippen molar-refractivity contribution in [1.29, 1.82) is 0 Å². The van der Waals surface area contributed by atoms with E-state index in [1.54, 1.807) is 13.4 Å². The highest BCUT2D eigenvalue weighted by Crippen LogP contribution is 2.48. The van der Waals surface area contributed by atoms with Crippen LogP contribution in [0.25, 0.3) is 11.0 Å². The lowest BCUT2D eigenvalue weighted by molar-refractivity contribution is -0.145. The number of carboxylic acids is 1. The molecule has 0 aliphatic carbocycles. The maximum Gasteiger partial charge on any atom is 0.309 e. The highest BCUT2D eigenvalue weighted by Gasteiger charge is 2.51. The number of ether oxygens (including phenoxy) is 1. The maximum atomic E-state index is 14.0. The Labute approximate surface area is 225 Å². The standard InChI is InChI=1S/C31H40N2O5/c1-5-8-26(30(34)32(16-6-2)17-7-3)33-20-25(22-11-14-27-23(19-22)15-18-38-27)28(31(35)36)29(33)21-9-12-24(37-4)13-10-21/h9-15,18-19,25-26,28-29H,5-8,16-17,20H2,1-4H3,(H,35,36)/t25-,26+,28+,29-/m1/s1. The number of methoxy groups -OCH3 is 1. The number of hydrogen-bond acceptors (Lipinski definition) is 5. The first-order valence-electron chi connectivity index (χ1n) is 13.8. The van der Waals surface area contributed by atoms with E-state index in [0.717, 1.165) is 41.4 Å². The van der Waals surface area contributed by atoms with Crippen molar-refractivity contribution in [3.05, 3.63) is 65.9 Å². The molecule has 1 N–H and O–H groups in total. The van der Waals surface area contributed by atoms with Gasteiger partial charge in [0.25, 0.3) is 0 Å². The van der Waals surface area contributed by atoms with Gasteiger partial charge in [0.2, 0.25) is 5.91 Å². The Balaban J connectivity index is 1.82. The topological polar surface area (TPSA) is 83.2 Å². The van der Waals surface area contributed by atoms with Gasteiger partial charge in [-0.15, -0.1) is 0 Å². The van der Waals surface area contributed by atoms with Gasteiger partial charge in [-0.25, -0.2) is 0 Å². The highest BCUT2D eigenvalue weighted by molar-refractivity contribution is 5.83. The van der Waals surface area contributed by atoms with Crippen LogP contribution in [-0.2, 0) is 9.59 Å². The molecule has 0 spiro atoms. The maximum absolute atomic E-state index is 14.0. The average Bonchev–Trinajstić information content (AvgIpc) is 3.56. The van der Waals surface area contributed by atoms with Gasteiger partial charge in [0.05, 0.1) is 25.3 Å². The molecule has 204 valence electrons. The van der Waals surface area contributed by atoms with Gasteiger partial charge < -0.3 is 19.2 Å². The van der Waals surface area contributed by atoms with Crippen LogP contribution in [0.15, 0.2) is 59.2 Å². The zero-order valence-corrected chi connectivity index (χ0v) is 22.9. The van der Waals surface area contributed by atoms with E-state index in [4.69, 9.17) is 9.15 Å². The van der Waals surface area contributed by atoms with Gasteiger partial charge in [-0.2, -0.15) is 0 Å². The first-order valence-corrected chi connectivity index (χ1v) is 13.8. The smallest absolute Gasteiger partial charge is 0.309 e. The van der Waals surface area contributed by atoms with Gasteiger partial charge in [0.1, 0.15) is 11.3 Å². The van der Waals surface area contributed by atoms with E-state index in [9.17, 15) is 14.7 Å². The van der Waals surface area contributed by atoms with Crippen molar-refractivity contribution in [3.63, 3.8) is 0 Å². The minimum Gasteiger partial charge on any atom is -0.497 e. The minimum absolute atomic E-state index is 0.101. The highest BCUT2D eigenvalue weighted by atomic mass is 16.5. The molecule has 0 radical (unpaired) electrons. The third-order valence-electron chi connectivity index (χ3n) is 7.73. The number of nitrogens with zero attached hydrogens (tertiary/aromatic N) is 2. The molecule has 7 nitrogen and oxygen atoms in total. The summed E-state index contributed by atoms with van der Waals surface area (Å²) in [5.74, 6) is -1.04. The second kappa shape index (κ2) is 12.5. The summed E-state index contributed by atoms with van der Waals surface area (Å²) in [4.78, 5) is 31.2. The van der Waals surface area contributed by atoms with E-state index >= 15 is 0 Å². The van der Waals surface area contributed by atoms with E-state index in [2.05, 4.69) is 25.7 Å². The van der Waals surface area contributed by atoms with Crippen molar-refractivity contribution in [2.24, 2.45) is 5.92 Å². The van der Waals surface area contributed by atoms with Gasteiger partial charge in [-0.1, -0.05) is 45.4 Å². The summed E-state index contributed by atoms with van der Waals surface area (Å²) >= 11 is 0. The first kappa shape index (κ1) is 27.7. The number of aliphatic carboxylic acids is 1. The van der Waals surface area contributed by atoms with Crippen LogP contribution in [0.3, 0.4) is 0 Å². The van der Waals surface area contributed by atoms with Gasteiger partial charge in [0.15, 0.2) is 0 Å². The number of carbonyl (C=O) groups excluding carboxylic acids is 1. The fraction of sp³-hybridized carbons (Fsp3) is 0.484. The normalized spacial score (nSPS) is 20.5. The molecule has 1 fully saturated rings. The SMILES string of the molecule is CCC[C@@H](C(=O)N(CCC)CCC)N1C[C@H](c2ccc3occc3c2)[C@H](C(=O)O)[C@H]1c1ccc(OC)cc1. The van der Waals surface area contributed by atoms with Crippen LogP contribution >= 0.6 is 0 Å². The molecule has 1 aliphatic heterocycles. The Hall–Kier alpha value is -3.32. The van der Waals surface area contributed by atoms with E-state index in [1.807, 2.05) is 53.4 Å². The van der Waals surface area contributed by atoms with Crippen LogP contribution in [0.2, 0.25) is 0 Å². The van der Waals surface area contributed by atoms with Crippen molar-refractivity contribution < 1.29 is 23.8 Å². The molecular weight excluding hydrogens is 480 g/mol. The molecule has 1 amide bonds. The average molecular weight is 521 g/mol. The Kier molecular flexibility index (Phi) is 9.10. The monoisotopic (exact) mass is 520 g/mol. The van der Waals surface area contributed by atoms with E-state index in [-0.39, 0.29) is 11.8 Å². The second-order valence-corrected chi connectivity index (χ2v) is 10.2. The summed E-state index contributed by atoms with van der Waals surface area (Å²) in [5, 5.41) is 11.6. The summed E-state index contributed by atoms with van der Waals surface area (Å²) in [6.07, 6.45) is 4.93. The predicted molar refractivity (Wildman–Crippen MR) is 148 cm³/mol. The Morgan fingerprint density at radius 1 is 1.03 bits per heavy atom. The van der Waals surface area contributed by atoms with Crippen molar-refractivity contribution in [1.82, 2.24) is 9.80 Å². The summed E-state index contributed by atoms with van der Waals surface area (Å²) in [7, 11) is 1.62. The number of furan rings is 1. The second-order valence-electron chi connectivity index (χ2n) is 10.2. The lowest BCUT2D eigenvalue weighted by Gasteiger charge is -2.36. The van der Waals surface area contributed by atoms with Crippen LogP contribution in [0.4, 0.5) is 0 Å². The Morgan fingerprint density at radius 3 is 2.32 bits per heavy atom. The molecule has 0 unspecified atom stereocenters. The molecule has 38 heavy (non-hydrogen) atoms. The number of rotatable bonds is 12. The van der Waals surface area contributed by atoms with Crippen LogP contribution in [0.5, 0.6) is 5.75 Å². The van der Waals surface area contributed by atoms with E-state index in [0.29, 0.717) is 31.8 Å². The lowest BCUT2D eigenvalue weighted by atomic mass is 9.82. The fourth-order valence-corrected chi connectivity index (χ4v) is 6.02. The van der Waals surface area contributed by atoms with E-state index < -0.39 is 24.0 Å². The summed E-state index contributed by atoms with van der Waals surface area (Å²) < 4.78 is 10.9. The number of carbonyl (C=O) groups is 2. The van der Waals surface area contributed by atoms with Crippen LogP contribution < -0.4 is 4.74 Å². The summed E-state index contributed by atoms with van der Waals surface area (Å²) in [6.45, 7) is 8.15. The first-order chi connectivity index (χ1) is 18.4. The number of fused-ring (bicyclic) bond motifs is 1. The quantitative estimate of drug-likeness (QED) is 0.311. The summed E-state index contributed by atoms with van der Waals surface area (Å²) in [5.41, 5.74) is 2.61. The number of hydrogen-bond donors (Lipinski definition) is 1. The molecule has 2 aromatic carbocycles. The van der Waals surface area contributed by atoms with Crippen LogP contribution in [0, 0.1) is 5.92 Å². The molecular formula is C31H40N2O5. The predicted octanol–water partition coefficient (Wildman–Crippen LogP) is 6.10. The van der Waals surface area contributed by atoms with Gasteiger partial charge in [-0.05, 0) is 60.7 Å². The van der Waals surface area contributed by atoms with E-state index in [1.165, 1.54) is 0 Å². The molecule has 1 aromatic heterocycles. The molecule has 0 bridgehead atoms. The number of likely N-dealkylation sites (tertiary alicyclic amines) is 1. The third kappa shape index (κ3) is 5.58. The number of benzene rings is 2. The molecule has 3 aromatic rings.